The highest BCUT2D eigenvalue weighted by Crippen LogP contribution is 2.31. The topological polar surface area (TPSA) is 85.5 Å². The molecule has 3 aromatic heterocycles. The Morgan fingerprint density at radius 3 is 3.00 bits per heavy atom. The van der Waals surface area contributed by atoms with Crippen LogP contribution in [0.2, 0.25) is 0 Å². The molecule has 3 aromatic rings. The second kappa shape index (κ2) is 6.82. The maximum absolute atomic E-state index is 12.9. The van der Waals surface area contributed by atoms with Crippen molar-refractivity contribution in [3.8, 4) is 5.75 Å². The highest BCUT2D eigenvalue weighted by Gasteiger charge is 2.33. The van der Waals surface area contributed by atoms with Crippen molar-refractivity contribution in [1.82, 2.24) is 14.4 Å². The average Bonchev–Trinajstić information content (AvgIpc) is 3.26. The van der Waals surface area contributed by atoms with Gasteiger partial charge in [-0.3, -0.25) is 4.98 Å². The van der Waals surface area contributed by atoms with Crippen molar-refractivity contribution in [3.05, 3.63) is 58.6 Å². The monoisotopic (exact) mass is 391 g/mol. The summed E-state index contributed by atoms with van der Waals surface area (Å²) in [6.45, 7) is 2.64. The maximum atomic E-state index is 12.9. The first-order valence-electron chi connectivity index (χ1n) is 8.09. The van der Waals surface area contributed by atoms with E-state index in [-0.39, 0.29) is 13.2 Å². The van der Waals surface area contributed by atoms with Crippen LogP contribution in [0, 0.1) is 6.92 Å². The molecular formula is C17H17N3O4S2. The lowest BCUT2D eigenvalue weighted by Gasteiger charge is -2.25. The molecule has 0 N–H and O–H groups in total. The third-order valence-electron chi connectivity index (χ3n) is 4.27. The van der Waals surface area contributed by atoms with Crippen LogP contribution in [0.15, 0.2) is 44.7 Å². The lowest BCUT2D eigenvalue weighted by Crippen LogP contribution is -2.35. The molecule has 1 aliphatic heterocycles. The van der Waals surface area contributed by atoms with Crippen LogP contribution in [-0.2, 0) is 29.6 Å². The first-order chi connectivity index (χ1) is 12.6. The van der Waals surface area contributed by atoms with E-state index in [4.69, 9.17) is 9.26 Å². The molecule has 0 amide bonds. The second-order valence-electron chi connectivity index (χ2n) is 5.99. The van der Waals surface area contributed by atoms with Gasteiger partial charge in [0.1, 0.15) is 28.0 Å². The number of ether oxygens (including phenoxy) is 1. The lowest BCUT2D eigenvalue weighted by molar-refractivity contribution is 0.286. The Hall–Kier alpha value is -2.23. The molecule has 0 unspecified atom stereocenters. The summed E-state index contributed by atoms with van der Waals surface area (Å²) in [6, 6.07) is 5.40. The number of hydrogen-bond acceptors (Lipinski definition) is 7. The molecule has 0 bridgehead atoms. The van der Waals surface area contributed by atoms with Crippen LogP contribution in [0.1, 0.15) is 22.6 Å². The van der Waals surface area contributed by atoms with Gasteiger partial charge in [-0.05, 0) is 36.1 Å². The van der Waals surface area contributed by atoms with Crippen molar-refractivity contribution in [2.45, 2.75) is 30.7 Å². The Bertz CT molecular complexity index is 1010. The summed E-state index contributed by atoms with van der Waals surface area (Å²) >= 11 is 1.24. The first-order valence-corrected chi connectivity index (χ1v) is 10.4. The average molecular weight is 391 g/mol. The highest BCUT2D eigenvalue weighted by atomic mass is 32.2. The number of hydrogen-bond donors (Lipinski definition) is 0. The van der Waals surface area contributed by atoms with E-state index in [1.54, 1.807) is 29.9 Å². The van der Waals surface area contributed by atoms with E-state index in [9.17, 15) is 8.42 Å². The second-order valence-corrected chi connectivity index (χ2v) is 9.04. The number of pyridine rings is 1. The molecule has 136 valence electrons. The first kappa shape index (κ1) is 17.2. The van der Waals surface area contributed by atoms with Gasteiger partial charge in [-0.2, -0.15) is 4.31 Å². The molecule has 4 heterocycles. The molecule has 4 rings (SSSR count). The molecule has 0 aliphatic carbocycles. The zero-order valence-corrected chi connectivity index (χ0v) is 15.7. The van der Waals surface area contributed by atoms with E-state index < -0.39 is 10.0 Å². The molecule has 0 radical (unpaired) electrons. The van der Waals surface area contributed by atoms with Gasteiger partial charge < -0.3 is 9.26 Å². The van der Waals surface area contributed by atoms with Crippen molar-refractivity contribution >= 4 is 21.4 Å². The molecule has 9 heteroatoms. The minimum absolute atomic E-state index is 0.205. The highest BCUT2D eigenvalue weighted by molar-refractivity contribution is 7.91. The molecule has 1 aliphatic rings. The summed E-state index contributed by atoms with van der Waals surface area (Å²) in [5.41, 5.74) is 2.18. The Kier molecular flexibility index (Phi) is 4.51. The van der Waals surface area contributed by atoms with E-state index in [2.05, 4.69) is 10.1 Å². The zero-order valence-electron chi connectivity index (χ0n) is 14.1. The van der Waals surface area contributed by atoms with E-state index in [1.807, 2.05) is 13.0 Å². The van der Waals surface area contributed by atoms with Gasteiger partial charge in [-0.1, -0.05) is 5.16 Å². The van der Waals surface area contributed by atoms with Crippen LogP contribution in [0.4, 0.5) is 0 Å². The normalized spacial score (nSPS) is 15.0. The van der Waals surface area contributed by atoms with E-state index in [0.29, 0.717) is 28.6 Å². The van der Waals surface area contributed by atoms with Gasteiger partial charge in [0.2, 0.25) is 0 Å². The summed E-state index contributed by atoms with van der Waals surface area (Å²) in [4.78, 5) is 4.00. The van der Waals surface area contributed by atoms with Gasteiger partial charge in [-0.15, -0.1) is 11.3 Å². The summed E-state index contributed by atoms with van der Waals surface area (Å²) < 4.78 is 38.8. The number of sulfonamides is 1. The van der Waals surface area contributed by atoms with Crippen LogP contribution in [0.25, 0.3) is 0 Å². The van der Waals surface area contributed by atoms with Crippen LogP contribution >= 0.6 is 11.3 Å². The Labute approximate surface area is 155 Å². The number of aryl methyl sites for hydroxylation is 1. The Balaban J connectivity index is 1.55. The SMILES string of the molecule is Cc1ccsc1S(=O)(=O)N1CCc2onc(COc3cccnc3)c2C1. The fourth-order valence-corrected chi connectivity index (χ4v) is 5.84. The van der Waals surface area contributed by atoms with Gasteiger partial charge in [0.25, 0.3) is 10.0 Å². The maximum Gasteiger partial charge on any atom is 0.253 e. The summed E-state index contributed by atoms with van der Waals surface area (Å²) in [5, 5.41) is 5.87. The van der Waals surface area contributed by atoms with Crippen LogP contribution < -0.4 is 4.74 Å². The van der Waals surface area contributed by atoms with Crippen LogP contribution in [0.5, 0.6) is 5.75 Å². The number of rotatable bonds is 5. The number of fused-ring (bicyclic) bond motifs is 1. The number of thiophene rings is 1. The van der Waals surface area contributed by atoms with Crippen LogP contribution in [-0.4, -0.2) is 29.4 Å². The van der Waals surface area contributed by atoms with Gasteiger partial charge >= 0.3 is 0 Å². The molecule has 26 heavy (non-hydrogen) atoms. The summed E-state index contributed by atoms with van der Waals surface area (Å²) in [6.07, 6.45) is 3.78. The van der Waals surface area contributed by atoms with Crippen molar-refractivity contribution in [2.24, 2.45) is 0 Å². The summed E-state index contributed by atoms with van der Waals surface area (Å²) in [7, 11) is -3.52. The molecule has 7 nitrogen and oxygen atoms in total. The molecule has 0 saturated carbocycles. The van der Waals surface area contributed by atoms with Crippen molar-refractivity contribution in [1.29, 1.82) is 0 Å². The van der Waals surface area contributed by atoms with E-state index >= 15 is 0 Å². The molecular weight excluding hydrogens is 374 g/mol. The minimum Gasteiger partial charge on any atom is -0.486 e. The predicted molar refractivity (Wildman–Crippen MR) is 95.4 cm³/mol. The molecule has 0 saturated heterocycles. The quantitative estimate of drug-likeness (QED) is 0.665. The van der Waals surface area contributed by atoms with Gasteiger partial charge in [0, 0.05) is 31.3 Å². The van der Waals surface area contributed by atoms with E-state index in [1.165, 1.54) is 15.6 Å². The van der Waals surface area contributed by atoms with Gasteiger partial charge in [0.05, 0.1) is 6.20 Å². The van der Waals surface area contributed by atoms with Gasteiger partial charge in [0.15, 0.2) is 0 Å². The predicted octanol–water partition coefficient (Wildman–Crippen LogP) is 2.77. The van der Waals surface area contributed by atoms with Crippen molar-refractivity contribution in [3.63, 3.8) is 0 Å². The van der Waals surface area contributed by atoms with Gasteiger partial charge in [-0.25, -0.2) is 8.42 Å². The zero-order chi connectivity index (χ0) is 18.1. The van der Waals surface area contributed by atoms with Crippen LogP contribution in [0.3, 0.4) is 0 Å². The summed E-state index contributed by atoms with van der Waals surface area (Å²) in [5.74, 6) is 1.35. The Morgan fingerprint density at radius 2 is 2.27 bits per heavy atom. The van der Waals surface area contributed by atoms with Crippen molar-refractivity contribution < 1.29 is 17.7 Å². The fourth-order valence-electron chi connectivity index (χ4n) is 2.88. The standard InChI is InChI=1S/C17H17N3O4S2/c1-12-5-8-25-17(12)26(21,22)20-7-4-16-14(10-20)15(19-24-16)11-23-13-3-2-6-18-9-13/h2-3,5-6,8-9H,4,7,10-11H2,1H3. The largest absolute Gasteiger partial charge is 0.486 e. The smallest absolute Gasteiger partial charge is 0.253 e. The third kappa shape index (κ3) is 3.13. The lowest BCUT2D eigenvalue weighted by atomic mass is 10.1. The Morgan fingerprint density at radius 1 is 1.38 bits per heavy atom. The fraction of sp³-hybridized carbons (Fsp3) is 0.294. The molecule has 0 atom stereocenters. The number of aromatic nitrogens is 2. The van der Waals surface area contributed by atoms with Crippen molar-refractivity contribution in [2.75, 3.05) is 6.54 Å². The van der Waals surface area contributed by atoms with E-state index in [0.717, 1.165) is 16.9 Å². The molecule has 0 spiro atoms. The third-order valence-corrected chi connectivity index (χ3v) is 7.78. The minimum atomic E-state index is -3.52. The molecule has 0 fully saturated rings. The molecule has 0 aromatic carbocycles. The number of nitrogens with zero attached hydrogens (tertiary/aromatic N) is 3.